The van der Waals surface area contributed by atoms with Crippen molar-refractivity contribution in [3.63, 3.8) is 0 Å². The van der Waals surface area contributed by atoms with E-state index in [9.17, 15) is 37.7 Å². The van der Waals surface area contributed by atoms with Gasteiger partial charge in [-0.3, -0.25) is 14.9 Å². The van der Waals surface area contributed by atoms with E-state index in [1.165, 1.54) is 24.3 Å². The van der Waals surface area contributed by atoms with E-state index < -0.39 is 53.7 Å². The molecule has 0 aliphatic carbocycles. The first-order valence-electron chi connectivity index (χ1n) is 12.9. The van der Waals surface area contributed by atoms with Crippen molar-refractivity contribution < 1.29 is 37.2 Å². The number of carbonyl (C=O) groups excluding carboxylic acids is 3. The van der Waals surface area contributed by atoms with Crippen LogP contribution in [0.5, 0.6) is 0 Å². The maximum Gasteiger partial charge on any atom is 0.422 e. The Labute approximate surface area is 238 Å². The van der Waals surface area contributed by atoms with Gasteiger partial charge in [-0.1, -0.05) is 72.8 Å². The molecule has 3 atom stereocenters. The van der Waals surface area contributed by atoms with Gasteiger partial charge in [0.15, 0.2) is 12.6 Å². The molecule has 3 aromatic rings. The van der Waals surface area contributed by atoms with Crippen LogP contribution in [0.25, 0.3) is 0 Å². The van der Waals surface area contributed by atoms with Crippen LogP contribution in [0.15, 0.2) is 84.9 Å². The van der Waals surface area contributed by atoms with E-state index in [2.05, 4.69) is 10.1 Å². The quantitative estimate of drug-likeness (QED) is 0.209. The molecule has 1 aliphatic heterocycles. The number of carbonyl (C=O) groups is 3. The molecular weight excluding hydrogens is 557 g/mol. The molecule has 10 nitrogen and oxygen atoms in total. The van der Waals surface area contributed by atoms with Gasteiger partial charge in [0.2, 0.25) is 5.91 Å². The summed E-state index contributed by atoms with van der Waals surface area (Å²) in [5, 5.41) is 13.7. The van der Waals surface area contributed by atoms with E-state index in [0.717, 1.165) is 9.80 Å². The van der Waals surface area contributed by atoms with Crippen LogP contribution in [-0.2, 0) is 27.4 Å². The van der Waals surface area contributed by atoms with Gasteiger partial charge in [0, 0.05) is 25.2 Å². The number of alkyl halides is 3. The predicted molar refractivity (Wildman–Crippen MR) is 144 cm³/mol. The number of urea groups is 1. The minimum absolute atomic E-state index is 0.113. The number of benzene rings is 3. The van der Waals surface area contributed by atoms with Gasteiger partial charge in [0.25, 0.3) is 5.69 Å². The van der Waals surface area contributed by atoms with E-state index in [1.54, 1.807) is 67.6 Å². The van der Waals surface area contributed by atoms with Crippen molar-refractivity contribution in [3.05, 3.63) is 112 Å². The maximum absolute atomic E-state index is 13.8. The monoisotopic (exact) mass is 584 g/mol. The predicted octanol–water partition coefficient (Wildman–Crippen LogP) is 4.75. The Morgan fingerprint density at radius 2 is 1.40 bits per heavy atom. The zero-order valence-corrected chi connectivity index (χ0v) is 22.4. The normalized spacial score (nSPS) is 17.6. The zero-order valence-electron chi connectivity index (χ0n) is 22.4. The van der Waals surface area contributed by atoms with Crippen molar-refractivity contribution in [2.75, 3.05) is 6.61 Å². The number of ether oxygens (including phenoxy) is 1. The summed E-state index contributed by atoms with van der Waals surface area (Å²) >= 11 is 0. The number of hydrogen-bond donors (Lipinski definition) is 1. The lowest BCUT2D eigenvalue weighted by molar-refractivity contribution is -0.384. The summed E-state index contributed by atoms with van der Waals surface area (Å²) in [5.41, 5.74) is 1.54. The minimum atomic E-state index is -4.82. The standard InChI is InChI=1S/C29H27F3N4O6/c1-19(22-12-14-23(15-13-22)36(40)41)33-26(37)24-25(27(38)42-18-29(30,31)32)35(17-21-10-6-3-7-11-21)28(39)34(24)16-20-8-4-2-5-9-20/h2-15,19,24-25H,16-18H2,1H3,(H,33,37)/t19?,24-,25+/m1/s1. The fourth-order valence-electron chi connectivity index (χ4n) is 4.68. The molecule has 220 valence electrons. The highest BCUT2D eigenvalue weighted by molar-refractivity contribution is 5.99. The van der Waals surface area contributed by atoms with Crippen LogP contribution in [0.2, 0.25) is 0 Å². The summed E-state index contributed by atoms with van der Waals surface area (Å²) < 4.78 is 43.6. The molecule has 3 aromatic carbocycles. The summed E-state index contributed by atoms with van der Waals surface area (Å²) in [6.45, 7) is -0.575. The van der Waals surface area contributed by atoms with Crippen molar-refractivity contribution in [2.24, 2.45) is 0 Å². The summed E-state index contributed by atoms with van der Waals surface area (Å²) in [6, 6.07) is 17.8. The molecule has 1 heterocycles. The van der Waals surface area contributed by atoms with Crippen LogP contribution in [-0.4, -0.2) is 57.5 Å². The first kappa shape index (κ1) is 30.0. The number of nitrogens with zero attached hydrogens (tertiary/aromatic N) is 3. The average Bonchev–Trinajstić information content (AvgIpc) is 3.23. The van der Waals surface area contributed by atoms with Gasteiger partial charge >= 0.3 is 18.2 Å². The largest absolute Gasteiger partial charge is 0.454 e. The van der Waals surface area contributed by atoms with Gasteiger partial charge in [-0.2, -0.15) is 13.2 Å². The fourth-order valence-corrected chi connectivity index (χ4v) is 4.68. The molecule has 1 aliphatic rings. The van der Waals surface area contributed by atoms with E-state index in [1.807, 2.05) is 0 Å². The highest BCUT2D eigenvalue weighted by Gasteiger charge is 2.54. The van der Waals surface area contributed by atoms with Crippen molar-refractivity contribution >= 4 is 23.6 Å². The first-order chi connectivity index (χ1) is 19.9. The molecule has 1 unspecified atom stereocenters. The molecule has 0 radical (unpaired) electrons. The molecule has 0 bridgehead atoms. The first-order valence-corrected chi connectivity index (χ1v) is 12.9. The Kier molecular flexibility index (Phi) is 9.09. The van der Waals surface area contributed by atoms with Crippen LogP contribution >= 0.6 is 0 Å². The molecule has 1 saturated heterocycles. The topological polar surface area (TPSA) is 122 Å². The molecule has 42 heavy (non-hydrogen) atoms. The van der Waals surface area contributed by atoms with Crippen molar-refractivity contribution in [1.82, 2.24) is 15.1 Å². The van der Waals surface area contributed by atoms with Crippen LogP contribution < -0.4 is 5.32 Å². The minimum Gasteiger partial charge on any atom is -0.454 e. The Hall–Kier alpha value is -4.94. The number of rotatable bonds is 10. The molecule has 0 aromatic heterocycles. The molecule has 0 saturated carbocycles. The van der Waals surface area contributed by atoms with Crippen molar-refractivity contribution in [3.8, 4) is 0 Å². The Balaban J connectivity index is 1.70. The number of nitro groups is 1. The zero-order chi connectivity index (χ0) is 30.4. The lowest BCUT2D eigenvalue weighted by atomic mass is 10.0. The second-order valence-corrected chi connectivity index (χ2v) is 9.70. The molecule has 13 heteroatoms. The summed E-state index contributed by atoms with van der Waals surface area (Å²) in [6.07, 6.45) is -4.82. The Morgan fingerprint density at radius 3 is 1.88 bits per heavy atom. The lowest BCUT2D eigenvalue weighted by Crippen LogP contribution is -2.53. The summed E-state index contributed by atoms with van der Waals surface area (Å²) in [7, 11) is 0. The number of hydrogen-bond acceptors (Lipinski definition) is 6. The molecule has 1 fully saturated rings. The lowest BCUT2D eigenvalue weighted by Gasteiger charge is -2.27. The van der Waals surface area contributed by atoms with Gasteiger partial charge in [-0.15, -0.1) is 0 Å². The van der Waals surface area contributed by atoms with Gasteiger partial charge in [0.05, 0.1) is 11.0 Å². The summed E-state index contributed by atoms with van der Waals surface area (Å²) in [5.74, 6) is -2.19. The fraction of sp³-hybridized carbons (Fsp3) is 0.276. The van der Waals surface area contributed by atoms with E-state index >= 15 is 0 Å². The van der Waals surface area contributed by atoms with Crippen molar-refractivity contribution in [2.45, 2.75) is 44.3 Å². The number of non-ortho nitro benzene ring substituents is 1. The SMILES string of the molecule is CC(NC(=O)[C@H]1[C@@H](C(=O)OCC(F)(F)F)N(Cc2ccccc2)C(=O)N1Cc1ccccc1)c1ccc([N+](=O)[O-])cc1. The van der Waals surface area contributed by atoms with E-state index in [0.29, 0.717) is 16.7 Å². The Morgan fingerprint density at radius 1 is 0.905 bits per heavy atom. The highest BCUT2D eigenvalue weighted by Crippen LogP contribution is 2.30. The second-order valence-electron chi connectivity index (χ2n) is 9.70. The van der Waals surface area contributed by atoms with Gasteiger partial charge in [-0.25, -0.2) is 9.59 Å². The third-order valence-corrected chi connectivity index (χ3v) is 6.70. The number of nitro benzene ring substituents is 1. The molecule has 1 N–H and O–H groups in total. The Bertz CT molecular complexity index is 1420. The molecule has 0 spiro atoms. The van der Waals surface area contributed by atoms with Crippen molar-refractivity contribution in [1.29, 1.82) is 0 Å². The van der Waals surface area contributed by atoms with Gasteiger partial charge in [0.1, 0.15) is 6.04 Å². The van der Waals surface area contributed by atoms with Crippen LogP contribution in [0.4, 0.5) is 23.7 Å². The van der Waals surface area contributed by atoms with Gasteiger partial charge in [-0.05, 0) is 23.6 Å². The molecule has 4 rings (SSSR count). The van der Waals surface area contributed by atoms with Crippen LogP contribution in [0.3, 0.4) is 0 Å². The number of esters is 1. The van der Waals surface area contributed by atoms with Gasteiger partial charge < -0.3 is 19.9 Å². The number of halogens is 3. The smallest absolute Gasteiger partial charge is 0.422 e. The molecule has 3 amide bonds. The number of amides is 3. The van der Waals surface area contributed by atoms with E-state index in [-0.39, 0.29) is 18.8 Å². The third-order valence-electron chi connectivity index (χ3n) is 6.70. The van der Waals surface area contributed by atoms with Crippen LogP contribution in [0.1, 0.15) is 29.7 Å². The molecular formula is C29H27F3N4O6. The number of nitrogens with one attached hydrogen (secondary N) is 1. The van der Waals surface area contributed by atoms with Crippen LogP contribution in [0, 0.1) is 10.1 Å². The summed E-state index contributed by atoms with van der Waals surface area (Å²) in [4.78, 5) is 53.4. The third kappa shape index (κ3) is 7.22. The van der Waals surface area contributed by atoms with E-state index in [4.69, 9.17) is 0 Å². The second kappa shape index (κ2) is 12.7. The highest BCUT2D eigenvalue weighted by atomic mass is 19.4. The average molecular weight is 585 g/mol. The maximum atomic E-state index is 13.8.